The largest absolute Gasteiger partial charge is 0.352 e. The molecule has 1 unspecified atom stereocenters. The van der Waals surface area contributed by atoms with Crippen molar-refractivity contribution in [3.05, 3.63) is 48.4 Å². The van der Waals surface area contributed by atoms with Crippen molar-refractivity contribution in [1.29, 1.82) is 0 Å². The van der Waals surface area contributed by atoms with E-state index in [-0.39, 0.29) is 22.6 Å². The summed E-state index contributed by atoms with van der Waals surface area (Å²) in [5, 5.41) is 5.49. The van der Waals surface area contributed by atoms with E-state index < -0.39 is 15.9 Å². The molecule has 1 aromatic carbocycles. The lowest BCUT2D eigenvalue weighted by Gasteiger charge is -2.18. The zero-order chi connectivity index (χ0) is 18.7. The monoisotopic (exact) mass is 378 g/mol. The van der Waals surface area contributed by atoms with Crippen LogP contribution in [-0.2, 0) is 9.84 Å². The van der Waals surface area contributed by atoms with Gasteiger partial charge in [0.25, 0.3) is 0 Å². The zero-order valence-electron chi connectivity index (χ0n) is 14.1. The van der Waals surface area contributed by atoms with Crippen molar-refractivity contribution in [3.8, 4) is 0 Å². The standard InChI is InChI=1S/C17H19FN4O3S/c1-26(24,25)14-6-4-12(5-7-14)20-17(23)21-13-8-10-22(11-13)16-15(18)3-2-9-19-16/h2-7,9,13H,8,10-11H2,1H3,(H2,20,21,23). The molecule has 1 fully saturated rings. The van der Waals surface area contributed by atoms with Crippen LogP contribution in [0.3, 0.4) is 0 Å². The van der Waals surface area contributed by atoms with Gasteiger partial charge in [-0.25, -0.2) is 22.6 Å². The molecule has 0 bridgehead atoms. The third kappa shape index (κ3) is 4.29. The summed E-state index contributed by atoms with van der Waals surface area (Å²) in [6.07, 6.45) is 3.33. The van der Waals surface area contributed by atoms with Crippen molar-refractivity contribution in [2.75, 3.05) is 29.6 Å². The van der Waals surface area contributed by atoms with Crippen LogP contribution in [0.2, 0.25) is 0 Å². The molecule has 26 heavy (non-hydrogen) atoms. The number of halogens is 1. The smallest absolute Gasteiger partial charge is 0.319 e. The number of nitrogens with zero attached hydrogens (tertiary/aromatic N) is 2. The van der Waals surface area contributed by atoms with Crippen LogP contribution in [0.1, 0.15) is 6.42 Å². The van der Waals surface area contributed by atoms with Crippen molar-refractivity contribution in [3.63, 3.8) is 0 Å². The number of sulfone groups is 1. The van der Waals surface area contributed by atoms with Crippen LogP contribution in [0.15, 0.2) is 47.5 Å². The van der Waals surface area contributed by atoms with Crippen LogP contribution in [0.5, 0.6) is 0 Å². The number of pyridine rings is 1. The number of carbonyl (C=O) groups excluding carboxylic acids is 1. The van der Waals surface area contributed by atoms with E-state index in [9.17, 15) is 17.6 Å². The topological polar surface area (TPSA) is 91.4 Å². The first kappa shape index (κ1) is 18.1. The molecule has 7 nitrogen and oxygen atoms in total. The average molecular weight is 378 g/mol. The highest BCUT2D eigenvalue weighted by atomic mass is 32.2. The van der Waals surface area contributed by atoms with Gasteiger partial charge in [-0.2, -0.15) is 0 Å². The third-order valence-corrected chi connectivity index (χ3v) is 5.23. The Morgan fingerprint density at radius 1 is 1.27 bits per heavy atom. The Balaban J connectivity index is 1.55. The van der Waals surface area contributed by atoms with Crippen molar-refractivity contribution in [2.24, 2.45) is 0 Å². The number of benzene rings is 1. The Morgan fingerprint density at radius 2 is 2.00 bits per heavy atom. The molecule has 1 saturated heterocycles. The molecule has 3 rings (SSSR count). The molecule has 2 heterocycles. The van der Waals surface area contributed by atoms with E-state index in [0.717, 1.165) is 6.26 Å². The van der Waals surface area contributed by atoms with E-state index in [1.54, 1.807) is 4.90 Å². The first-order valence-corrected chi connectivity index (χ1v) is 9.95. The lowest BCUT2D eigenvalue weighted by Crippen LogP contribution is -2.39. The van der Waals surface area contributed by atoms with E-state index in [1.165, 1.54) is 42.6 Å². The van der Waals surface area contributed by atoms with Gasteiger partial charge in [-0.15, -0.1) is 0 Å². The summed E-state index contributed by atoms with van der Waals surface area (Å²) in [4.78, 5) is 18.1. The molecule has 1 aliphatic rings. The Bertz CT molecular complexity index is 902. The first-order chi connectivity index (χ1) is 12.3. The highest BCUT2D eigenvalue weighted by Gasteiger charge is 2.26. The second-order valence-corrected chi connectivity index (χ2v) is 8.15. The molecule has 138 valence electrons. The fourth-order valence-corrected chi connectivity index (χ4v) is 3.45. The summed E-state index contributed by atoms with van der Waals surface area (Å²) in [5.41, 5.74) is 0.487. The molecule has 2 aromatic rings. The summed E-state index contributed by atoms with van der Waals surface area (Å²) in [6.45, 7) is 1.07. The number of aromatic nitrogens is 1. The Morgan fingerprint density at radius 3 is 2.65 bits per heavy atom. The van der Waals surface area contributed by atoms with Crippen LogP contribution >= 0.6 is 0 Å². The molecule has 0 spiro atoms. The molecular formula is C17H19FN4O3S. The Labute approximate surface area is 151 Å². The molecule has 0 saturated carbocycles. The van der Waals surface area contributed by atoms with Crippen molar-refractivity contribution in [1.82, 2.24) is 10.3 Å². The van der Waals surface area contributed by atoms with Gasteiger partial charge in [0.05, 0.1) is 4.90 Å². The van der Waals surface area contributed by atoms with Gasteiger partial charge in [-0.3, -0.25) is 0 Å². The maximum absolute atomic E-state index is 13.8. The molecule has 1 aromatic heterocycles. The van der Waals surface area contributed by atoms with E-state index in [4.69, 9.17) is 0 Å². The van der Waals surface area contributed by atoms with Gasteiger partial charge in [-0.1, -0.05) is 0 Å². The number of hydrogen-bond acceptors (Lipinski definition) is 5. The second-order valence-electron chi connectivity index (χ2n) is 6.14. The van der Waals surface area contributed by atoms with Gasteiger partial charge >= 0.3 is 6.03 Å². The maximum atomic E-state index is 13.8. The molecule has 1 atom stereocenters. The Kier molecular flexibility index (Phi) is 5.08. The van der Waals surface area contributed by atoms with Gasteiger partial charge < -0.3 is 15.5 Å². The normalized spacial score (nSPS) is 17.2. The Hall–Kier alpha value is -2.68. The first-order valence-electron chi connectivity index (χ1n) is 8.06. The number of nitrogens with one attached hydrogen (secondary N) is 2. The van der Waals surface area contributed by atoms with Gasteiger partial charge in [-0.05, 0) is 42.8 Å². The minimum absolute atomic E-state index is 0.133. The van der Waals surface area contributed by atoms with Crippen molar-refractivity contribution >= 4 is 27.4 Å². The fraction of sp³-hybridized carbons (Fsp3) is 0.294. The number of rotatable bonds is 4. The highest BCUT2D eigenvalue weighted by molar-refractivity contribution is 7.90. The van der Waals surface area contributed by atoms with Crippen LogP contribution in [0.4, 0.5) is 20.7 Å². The highest BCUT2D eigenvalue weighted by Crippen LogP contribution is 2.21. The van der Waals surface area contributed by atoms with Gasteiger partial charge in [0.1, 0.15) is 0 Å². The van der Waals surface area contributed by atoms with Gasteiger partial charge in [0.15, 0.2) is 21.5 Å². The number of carbonyl (C=O) groups is 1. The average Bonchev–Trinajstić information content (AvgIpc) is 3.03. The van der Waals surface area contributed by atoms with Crippen molar-refractivity contribution in [2.45, 2.75) is 17.4 Å². The molecule has 1 aliphatic heterocycles. The summed E-state index contributed by atoms with van der Waals surface area (Å²) in [7, 11) is -3.27. The maximum Gasteiger partial charge on any atom is 0.319 e. The van der Waals surface area contributed by atoms with Crippen LogP contribution in [-0.4, -0.2) is 44.8 Å². The number of amides is 2. The zero-order valence-corrected chi connectivity index (χ0v) is 15.0. The summed E-state index contributed by atoms with van der Waals surface area (Å²) >= 11 is 0. The lowest BCUT2D eigenvalue weighted by atomic mass is 10.3. The van der Waals surface area contributed by atoms with E-state index in [2.05, 4.69) is 15.6 Å². The minimum Gasteiger partial charge on any atom is -0.352 e. The molecule has 0 aliphatic carbocycles. The molecule has 2 amide bonds. The van der Waals surface area contributed by atoms with E-state index in [1.807, 2.05) is 0 Å². The lowest BCUT2D eigenvalue weighted by molar-refractivity contribution is 0.249. The summed E-state index contributed by atoms with van der Waals surface area (Å²) in [5.74, 6) is -0.0999. The minimum atomic E-state index is -3.27. The summed E-state index contributed by atoms with van der Waals surface area (Å²) < 4.78 is 36.7. The van der Waals surface area contributed by atoms with E-state index >= 15 is 0 Å². The predicted molar refractivity (Wildman–Crippen MR) is 96.5 cm³/mol. The second kappa shape index (κ2) is 7.28. The third-order valence-electron chi connectivity index (χ3n) is 4.10. The van der Waals surface area contributed by atoms with Crippen LogP contribution in [0.25, 0.3) is 0 Å². The molecule has 9 heteroatoms. The predicted octanol–water partition coefficient (Wildman–Crippen LogP) is 2.02. The van der Waals surface area contributed by atoms with E-state index in [0.29, 0.717) is 25.2 Å². The molecule has 2 N–H and O–H groups in total. The van der Waals surface area contributed by atoms with Crippen molar-refractivity contribution < 1.29 is 17.6 Å². The fourth-order valence-electron chi connectivity index (χ4n) is 2.82. The number of urea groups is 1. The molecule has 0 radical (unpaired) electrons. The number of anilines is 2. The summed E-state index contributed by atoms with van der Waals surface area (Å²) in [6, 6.07) is 8.29. The quantitative estimate of drug-likeness (QED) is 0.849. The number of hydrogen-bond donors (Lipinski definition) is 2. The SMILES string of the molecule is CS(=O)(=O)c1ccc(NC(=O)NC2CCN(c3ncccc3F)C2)cc1. The van der Waals surface area contributed by atoms with Crippen LogP contribution < -0.4 is 15.5 Å². The van der Waals surface area contributed by atoms with Crippen LogP contribution in [0, 0.1) is 5.82 Å². The van der Waals surface area contributed by atoms with Gasteiger partial charge in [0, 0.05) is 37.3 Å². The molecular weight excluding hydrogens is 359 g/mol. The van der Waals surface area contributed by atoms with Gasteiger partial charge in [0.2, 0.25) is 0 Å².